The third-order valence-electron chi connectivity index (χ3n) is 3.37. The molecule has 1 aromatic carbocycles. The van der Waals surface area contributed by atoms with Gasteiger partial charge in [-0.05, 0) is 32.5 Å². The molecule has 0 radical (unpaired) electrons. The second-order valence-corrected chi connectivity index (χ2v) is 4.85. The van der Waals surface area contributed by atoms with Crippen molar-refractivity contribution in [2.45, 2.75) is 19.9 Å². The van der Waals surface area contributed by atoms with Crippen LogP contribution in [-0.4, -0.2) is 22.7 Å². The zero-order valence-corrected chi connectivity index (χ0v) is 12.3. The summed E-state index contributed by atoms with van der Waals surface area (Å²) in [5.41, 5.74) is 3.20. The monoisotopic (exact) mass is 272 g/mol. The van der Waals surface area contributed by atoms with E-state index in [1.165, 1.54) is 0 Å². The fourth-order valence-corrected chi connectivity index (χ4v) is 2.16. The summed E-state index contributed by atoms with van der Waals surface area (Å²) in [7, 11) is 3.70. The second kappa shape index (κ2) is 5.88. The van der Waals surface area contributed by atoms with Gasteiger partial charge in [0.25, 0.3) is 5.91 Å². The lowest BCUT2D eigenvalue weighted by Crippen LogP contribution is -2.18. The van der Waals surface area contributed by atoms with Crippen LogP contribution < -0.4 is 10.6 Å². The highest BCUT2D eigenvalue weighted by Crippen LogP contribution is 2.23. The van der Waals surface area contributed by atoms with Crippen molar-refractivity contribution in [1.82, 2.24) is 15.1 Å². The number of nitrogens with one attached hydrogen (secondary N) is 2. The Labute approximate surface area is 119 Å². The average molecular weight is 272 g/mol. The molecule has 0 aliphatic carbocycles. The molecule has 0 spiro atoms. The minimum Gasteiger partial charge on any atom is -0.322 e. The first kappa shape index (κ1) is 14.3. The number of carbonyl (C=O) groups is 1. The molecule has 0 saturated carbocycles. The number of aromatic nitrogens is 2. The zero-order valence-electron chi connectivity index (χ0n) is 12.3. The van der Waals surface area contributed by atoms with E-state index >= 15 is 0 Å². The van der Waals surface area contributed by atoms with E-state index in [0.29, 0.717) is 5.56 Å². The number of benzene rings is 1. The first-order chi connectivity index (χ1) is 9.52. The molecule has 0 aliphatic heterocycles. The molecule has 0 bridgehead atoms. The minimum atomic E-state index is -0.133. The van der Waals surface area contributed by atoms with Crippen molar-refractivity contribution in [2.75, 3.05) is 12.4 Å². The number of carbonyl (C=O) groups excluding carboxylic acids is 1. The van der Waals surface area contributed by atoms with Gasteiger partial charge in [0, 0.05) is 25.0 Å². The van der Waals surface area contributed by atoms with Crippen LogP contribution >= 0.6 is 0 Å². The molecule has 106 valence electrons. The lowest BCUT2D eigenvalue weighted by atomic mass is 10.1. The molecule has 5 heteroatoms. The summed E-state index contributed by atoms with van der Waals surface area (Å²) in [5.74, 6) is -0.133. The smallest absolute Gasteiger partial charge is 0.259 e. The molecule has 5 nitrogen and oxygen atoms in total. The Morgan fingerprint density at radius 2 is 2.05 bits per heavy atom. The predicted octanol–water partition coefficient (Wildman–Crippen LogP) is 2.26. The van der Waals surface area contributed by atoms with Gasteiger partial charge in [-0.2, -0.15) is 5.10 Å². The molecule has 1 heterocycles. The first-order valence-corrected chi connectivity index (χ1v) is 6.60. The summed E-state index contributed by atoms with van der Waals surface area (Å²) in [6, 6.07) is 7.97. The Kier molecular flexibility index (Phi) is 4.20. The Hall–Kier alpha value is -2.14. The van der Waals surface area contributed by atoms with E-state index in [0.717, 1.165) is 16.9 Å². The molecular weight excluding hydrogens is 252 g/mol. The lowest BCUT2D eigenvalue weighted by Gasteiger charge is -2.16. The van der Waals surface area contributed by atoms with Crippen LogP contribution in [0.15, 0.2) is 30.5 Å². The summed E-state index contributed by atoms with van der Waals surface area (Å²) in [6.45, 7) is 3.89. The number of hydrogen-bond acceptors (Lipinski definition) is 3. The molecule has 2 rings (SSSR count). The highest BCUT2D eigenvalue weighted by Gasteiger charge is 2.15. The van der Waals surface area contributed by atoms with Crippen molar-refractivity contribution in [3.63, 3.8) is 0 Å². The van der Waals surface area contributed by atoms with E-state index in [9.17, 15) is 4.79 Å². The van der Waals surface area contributed by atoms with Crippen LogP contribution in [0.5, 0.6) is 0 Å². The minimum absolute atomic E-state index is 0.133. The fourth-order valence-electron chi connectivity index (χ4n) is 2.16. The van der Waals surface area contributed by atoms with Crippen LogP contribution in [0.1, 0.15) is 34.6 Å². The van der Waals surface area contributed by atoms with Gasteiger partial charge in [0.15, 0.2) is 0 Å². The second-order valence-electron chi connectivity index (χ2n) is 4.85. The Balaban J connectivity index is 2.26. The number of para-hydroxylation sites is 1. The molecule has 0 aliphatic rings. The molecule has 0 saturated heterocycles. The Bertz CT molecular complexity index is 618. The molecule has 2 N–H and O–H groups in total. The van der Waals surface area contributed by atoms with Gasteiger partial charge in [-0.25, -0.2) is 0 Å². The van der Waals surface area contributed by atoms with E-state index in [1.54, 1.807) is 17.9 Å². The van der Waals surface area contributed by atoms with E-state index in [2.05, 4.69) is 22.7 Å². The molecule has 1 aromatic heterocycles. The maximum absolute atomic E-state index is 12.3. The van der Waals surface area contributed by atoms with Crippen molar-refractivity contribution in [1.29, 1.82) is 0 Å². The van der Waals surface area contributed by atoms with Crippen LogP contribution in [0, 0.1) is 6.92 Å². The third-order valence-corrected chi connectivity index (χ3v) is 3.37. The van der Waals surface area contributed by atoms with Gasteiger partial charge >= 0.3 is 0 Å². The Morgan fingerprint density at radius 3 is 2.65 bits per heavy atom. The van der Waals surface area contributed by atoms with Crippen LogP contribution in [0.25, 0.3) is 0 Å². The van der Waals surface area contributed by atoms with Crippen LogP contribution in [0.3, 0.4) is 0 Å². The number of aryl methyl sites for hydroxylation is 2. The third kappa shape index (κ3) is 2.88. The summed E-state index contributed by atoms with van der Waals surface area (Å²) in [4.78, 5) is 12.3. The molecule has 0 fully saturated rings. The summed E-state index contributed by atoms with van der Waals surface area (Å²) < 4.78 is 1.65. The first-order valence-electron chi connectivity index (χ1n) is 6.60. The molecule has 1 unspecified atom stereocenters. The van der Waals surface area contributed by atoms with Crippen molar-refractivity contribution in [2.24, 2.45) is 7.05 Å². The van der Waals surface area contributed by atoms with Gasteiger partial charge in [0.05, 0.1) is 11.3 Å². The van der Waals surface area contributed by atoms with Gasteiger partial charge in [0.1, 0.15) is 0 Å². The lowest BCUT2D eigenvalue weighted by molar-refractivity contribution is 0.102. The zero-order chi connectivity index (χ0) is 14.7. The van der Waals surface area contributed by atoms with E-state index in [-0.39, 0.29) is 11.9 Å². The maximum Gasteiger partial charge on any atom is 0.259 e. The summed E-state index contributed by atoms with van der Waals surface area (Å²) in [5, 5.41) is 10.3. The summed E-state index contributed by atoms with van der Waals surface area (Å²) >= 11 is 0. The van der Waals surface area contributed by atoms with Crippen molar-refractivity contribution in [3.05, 3.63) is 47.3 Å². The SMILES string of the molecule is CNC(C)c1ccccc1NC(=O)c1cn(C)nc1C. The number of amides is 1. The van der Waals surface area contributed by atoms with Crippen LogP contribution in [0.2, 0.25) is 0 Å². The van der Waals surface area contributed by atoms with Crippen LogP contribution in [-0.2, 0) is 7.05 Å². The van der Waals surface area contributed by atoms with E-state index in [1.807, 2.05) is 38.2 Å². The normalized spacial score (nSPS) is 12.2. The average Bonchev–Trinajstić information content (AvgIpc) is 2.77. The Morgan fingerprint density at radius 1 is 1.35 bits per heavy atom. The number of hydrogen-bond donors (Lipinski definition) is 2. The predicted molar refractivity (Wildman–Crippen MR) is 79.8 cm³/mol. The van der Waals surface area contributed by atoms with Gasteiger partial charge < -0.3 is 10.6 Å². The highest BCUT2D eigenvalue weighted by molar-refractivity contribution is 6.05. The molecular formula is C15H20N4O. The van der Waals surface area contributed by atoms with Gasteiger partial charge in [-0.15, -0.1) is 0 Å². The van der Waals surface area contributed by atoms with Crippen LogP contribution in [0.4, 0.5) is 5.69 Å². The van der Waals surface area contributed by atoms with Gasteiger partial charge in [0.2, 0.25) is 0 Å². The molecule has 20 heavy (non-hydrogen) atoms. The molecule has 1 amide bonds. The largest absolute Gasteiger partial charge is 0.322 e. The number of anilines is 1. The topological polar surface area (TPSA) is 58.9 Å². The van der Waals surface area contributed by atoms with E-state index < -0.39 is 0 Å². The maximum atomic E-state index is 12.3. The molecule has 1 atom stereocenters. The summed E-state index contributed by atoms with van der Waals surface area (Å²) in [6.07, 6.45) is 1.73. The van der Waals surface area contributed by atoms with Gasteiger partial charge in [-0.1, -0.05) is 18.2 Å². The van der Waals surface area contributed by atoms with E-state index in [4.69, 9.17) is 0 Å². The highest BCUT2D eigenvalue weighted by atomic mass is 16.1. The quantitative estimate of drug-likeness (QED) is 0.897. The van der Waals surface area contributed by atoms with Crippen molar-refractivity contribution in [3.8, 4) is 0 Å². The van der Waals surface area contributed by atoms with Crippen molar-refractivity contribution >= 4 is 11.6 Å². The standard InChI is InChI=1S/C15H20N4O/c1-10(16-3)12-7-5-6-8-14(12)17-15(20)13-9-19(4)18-11(13)2/h5-10,16H,1-4H3,(H,17,20). The molecule has 2 aromatic rings. The van der Waals surface area contributed by atoms with Gasteiger partial charge in [-0.3, -0.25) is 9.48 Å². The fraction of sp³-hybridized carbons (Fsp3) is 0.333. The number of rotatable bonds is 4. The number of nitrogens with zero attached hydrogens (tertiary/aromatic N) is 2. The van der Waals surface area contributed by atoms with Crippen molar-refractivity contribution < 1.29 is 4.79 Å².